The van der Waals surface area contributed by atoms with Gasteiger partial charge in [0.2, 0.25) is 5.82 Å². The lowest BCUT2D eigenvalue weighted by atomic mass is 9.89. The molecule has 28 heavy (non-hydrogen) atoms. The second kappa shape index (κ2) is 7.34. The fraction of sp³-hybridized carbons (Fsp3) is 0.611. The third-order valence-corrected chi connectivity index (χ3v) is 5.53. The smallest absolute Gasteiger partial charge is 0.289 e. The summed E-state index contributed by atoms with van der Waals surface area (Å²) in [6, 6.07) is 1.75. The molecule has 150 valence electrons. The van der Waals surface area contributed by atoms with Crippen molar-refractivity contribution in [3.05, 3.63) is 29.6 Å². The number of likely N-dealkylation sites (tertiary alicyclic amines) is 1. The monoisotopic (exact) mass is 386 g/mol. The summed E-state index contributed by atoms with van der Waals surface area (Å²) >= 11 is 0. The molecule has 10 heteroatoms. The van der Waals surface area contributed by atoms with Gasteiger partial charge in [0.1, 0.15) is 11.5 Å². The van der Waals surface area contributed by atoms with Crippen LogP contribution in [0.1, 0.15) is 26.9 Å². The number of rotatable bonds is 5. The summed E-state index contributed by atoms with van der Waals surface area (Å²) in [5, 5.41) is 15.5. The Labute approximate surface area is 163 Å². The average Bonchev–Trinajstić information content (AvgIpc) is 3.36. The average molecular weight is 386 g/mol. The third-order valence-electron chi connectivity index (χ3n) is 5.53. The van der Waals surface area contributed by atoms with Crippen LogP contribution in [0.5, 0.6) is 0 Å². The van der Waals surface area contributed by atoms with Crippen LogP contribution in [0.25, 0.3) is 0 Å². The maximum Gasteiger partial charge on any atom is 0.289 e. The van der Waals surface area contributed by atoms with E-state index in [4.69, 9.17) is 0 Å². The molecule has 0 spiro atoms. The van der Waals surface area contributed by atoms with Crippen molar-refractivity contribution < 1.29 is 9.59 Å². The molecule has 0 unspecified atom stereocenters. The summed E-state index contributed by atoms with van der Waals surface area (Å²) in [5.74, 6) is 1.59. The van der Waals surface area contributed by atoms with Crippen molar-refractivity contribution in [2.24, 2.45) is 18.9 Å². The highest BCUT2D eigenvalue weighted by atomic mass is 16.2. The molecule has 1 fully saturated rings. The number of nitrogens with one attached hydrogen (secondary N) is 1. The molecule has 1 N–H and O–H groups in total. The van der Waals surface area contributed by atoms with Gasteiger partial charge >= 0.3 is 0 Å². The van der Waals surface area contributed by atoms with E-state index in [0.29, 0.717) is 49.5 Å². The molecule has 0 aliphatic carbocycles. The Balaban J connectivity index is 1.42. The number of aryl methyl sites for hydroxylation is 1. The van der Waals surface area contributed by atoms with E-state index in [1.165, 1.54) is 0 Å². The van der Waals surface area contributed by atoms with Gasteiger partial charge in [-0.3, -0.25) is 14.3 Å². The standard InChI is InChI=1S/C18H26N8O2/c1-23(2)7-5-19-17(27)16-21-20-15-8-12-9-25(10-13(12)11-26(15)16)18(28)14-4-6-24(3)22-14/h4,6,12-13H,5,7-11H2,1-3H3,(H,19,27)/t12-,13-/m0/s1. The zero-order valence-corrected chi connectivity index (χ0v) is 16.5. The summed E-state index contributed by atoms with van der Waals surface area (Å²) in [5.41, 5.74) is 0.474. The Hall–Kier alpha value is -2.75. The van der Waals surface area contributed by atoms with E-state index in [2.05, 4.69) is 20.6 Å². The van der Waals surface area contributed by atoms with E-state index >= 15 is 0 Å². The number of hydrogen-bond acceptors (Lipinski definition) is 6. The Morgan fingerprint density at radius 3 is 2.71 bits per heavy atom. The van der Waals surface area contributed by atoms with Gasteiger partial charge in [0.15, 0.2) is 0 Å². The molecule has 2 aromatic heterocycles. The molecule has 0 saturated carbocycles. The van der Waals surface area contributed by atoms with Gasteiger partial charge in [0.25, 0.3) is 11.8 Å². The van der Waals surface area contributed by atoms with Crippen molar-refractivity contribution in [1.82, 2.24) is 39.7 Å². The number of aromatic nitrogens is 5. The lowest BCUT2D eigenvalue weighted by Crippen LogP contribution is -2.35. The van der Waals surface area contributed by atoms with Crippen LogP contribution in [-0.2, 0) is 20.0 Å². The maximum absolute atomic E-state index is 12.7. The van der Waals surface area contributed by atoms with Crippen LogP contribution in [0.3, 0.4) is 0 Å². The Kier molecular flexibility index (Phi) is 4.88. The van der Waals surface area contributed by atoms with Gasteiger partial charge < -0.3 is 19.7 Å². The molecule has 2 aliphatic rings. The molecule has 0 bridgehead atoms. The predicted molar refractivity (Wildman–Crippen MR) is 101 cm³/mol. The molecule has 1 saturated heterocycles. The molecular weight excluding hydrogens is 360 g/mol. The zero-order valence-electron chi connectivity index (χ0n) is 16.5. The number of nitrogens with zero attached hydrogens (tertiary/aromatic N) is 7. The molecule has 2 aliphatic heterocycles. The zero-order chi connectivity index (χ0) is 19.8. The molecule has 2 amide bonds. The highest BCUT2D eigenvalue weighted by molar-refractivity contribution is 5.92. The van der Waals surface area contributed by atoms with Gasteiger partial charge in [0.05, 0.1) is 0 Å². The highest BCUT2D eigenvalue weighted by Crippen LogP contribution is 2.33. The Bertz CT molecular complexity index is 886. The molecule has 0 radical (unpaired) electrons. The quantitative estimate of drug-likeness (QED) is 0.726. The topological polar surface area (TPSA) is 101 Å². The Morgan fingerprint density at radius 1 is 1.21 bits per heavy atom. The molecule has 2 aromatic rings. The minimum absolute atomic E-state index is 0.0348. The van der Waals surface area contributed by atoms with E-state index in [0.717, 1.165) is 18.8 Å². The van der Waals surface area contributed by atoms with Gasteiger partial charge in [-0.1, -0.05) is 0 Å². The lowest BCUT2D eigenvalue weighted by molar-refractivity contribution is 0.0776. The third kappa shape index (κ3) is 3.51. The number of fused-ring (bicyclic) bond motifs is 2. The summed E-state index contributed by atoms with van der Waals surface area (Å²) in [4.78, 5) is 29.1. The summed E-state index contributed by atoms with van der Waals surface area (Å²) < 4.78 is 3.56. The second-order valence-corrected chi connectivity index (χ2v) is 7.92. The largest absolute Gasteiger partial charge is 0.348 e. The van der Waals surface area contributed by atoms with Crippen molar-refractivity contribution >= 4 is 11.8 Å². The maximum atomic E-state index is 12.7. The second-order valence-electron chi connectivity index (χ2n) is 7.92. The first-order valence-corrected chi connectivity index (χ1v) is 9.56. The van der Waals surface area contributed by atoms with Crippen molar-refractivity contribution in [2.45, 2.75) is 13.0 Å². The van der Waals surface area contributed by atoms with Gasteiger partial charge in [0, 0.05) is 52.4 Å². The van der Waals surface area contributed by atoms with Crippen LogP contribution in [0, 0.1) is 11.8 Å². The van der Waals surface area contributed by atoms with E-state index in [1.807, 2.05) is 28.5 Å². The molecule has 10 nitrogen and oxygen atoms in total. The molecular formula is C18H26N8O2. The SMILES string of the molecule is CN(C)CCNC(=O)c1nnc2n1C[C@@H]1CN(C(=O)c3ccn(C)n3)C[C@@H]1C2. The van der Waals surface area contributed by atoms with Gasteiger partial charge in [-0.2, -0.15) is 5.10 Å². The minimum atomic E-state index is -0.196. The normalized spacial score (nSPS) is 20.9. The first-order chi connectivity index (χ1) is 13.4. The van der Waals surface area contributed by atoms with Crippen LogP contribution in [-0.4, -0.2) is 86.4 Å². The summed E-state index contributed by atoms with van der Waals surface area (Å²) in [7, 11) is 5.73. The van der Waals surface area contributed by atoms with E-state index in [9.17, 15) is 9.59 Å². The predicted octanol–water partition coefficient (Wildman–Crippen LogP) is -0.752. The minimum Gasteiger partial charge on any atom is -0.348 e. The van der Waals surface area contributed by atoms with Gasteiger partial charge in [-0.15, -0.1) is 10.2 Å². The van der Waals surface area contributed by atoms with Crippen LogP contribution in [0.4, 0.5) is 0 Å². The number of carbonyl (C=O) groups excluding carboxylic acids is 2. The fourth-order valence-electron chi connectivity index (χ4n) is 4.02. The first kappa shape index (κ1) is 18.6. The van der Waals surface area contributed by atoms with Crippen LogP contribution >= 0.6 is 0 Å². The summed E-state index contributed by atoms with van der Waals surface area (Å²) in [6.45, 7) is 3.35. The number of carbonyl (C=O) groups is 2. The van der Waals surface area contributed by atoms with E-state index in [1.54, 1.807) is 24.0 Å². The molecule has 0 aromatic carbocycles. The summed E-state index contributed by atoms with van der Waals surface area (Å²) in [6.07, 6.45) is 2.51. The van der Waals surface area contributed by atoms with Crippen LogP contribution in [0.2, 0.25) is 0 Å². The molecule has 4 rings (SSSR count). The first-order valence-electron chi connectivity index (χ1n) is 9.56. The fourth-order valence-corrected chi connectivity index (χ4v) is 4.02. The number of likely N-dealkylation sites (N-methyl/N-ethyl adjacent to an activating group) is 1. The number of amides is 2. The molecule has 2 atom stereocenters. The van der Waals surface area contributed by atoms with Crippen LogP contribution < -0.4 is 5.32 Å². The molecule has 4 heterocycles. The highest BCUT2D eigenvalue weighted by Gasteiger charge is 2.41. The Morgan fingerprint density at radius 2 is 2.00 bits per heavy atom. The van der Waals surface area contributed by atoms with E-state index in [-0.39, 0.29) is 11.8 Å². The van der Waals surface area contributed by atoms with Gasteiger partial charge in [-0.25, -0.2) is 0 Å². The van der Waals surface area contributed by atoms with Crippen LogP contribution in [0.15, 0.2) is 12.3 Å². The van der Waals surface area contributed by atoms with E-state index < -0.39 is 0 Å². The van der Waals surface area contributed by atoms with Crippen molar-refractivity contribution in [3.8, 4) is 0 Å². The van der Waals surface area contributed by atoms with Crippen molar-refractivity contribution in [2.75, 3.05) is 40.3 Å². The van der Waals surface area contributed by atoms with Gasteiger partial charge in [-0.05, 0) is 32.0 Å². The lowest BCUT2D eigenvalue weighted by Gasteiger charge is -2.25. The van der Waals surface area contributed by atoms with Crippen molar-refractivity contribution in [1.29, 1.82) is 0 Å². The number of hydrogen-bond donors (Lipinski definition) is 1. The van der Waals surface area contributed by atoms with Crippen molar-refractivity contribution in [3.63, 3.8) is 0 Å².